The zero-order chi connectivity index (χ0) is 21.8. The zero-order valence-corrected chi connectivity index (χ0v) is 18.1. The van der Waals surface area contributed by atoms with Gasteiger partial charge in [0.15, 0.2) is 5.78 Å². The SMILES string of the molecule is O=C(O)C1CC2CCC1(NC(=O)[C@@H]1CCCN1S(=O)(=O)c1cc(Cl)cc(Cl)c1)C2=O. The second-order valence-corrected chi connectivity index (χ2v) is 10.8. The van der Waals surface area contributed by atoms with Gasteiger partial charge in [-0.2, -0.15) is 4.31 Å². The van der Waals surface area contributed by atoms with E-state index in [9.17, 15) is 27.9 Å². The van der Waals surface area contributed by atoms with Gasteiger partial charge in [-0.3, -0.25) is 14.4 Å². The van der Waals surface area contributed by atoms with Crippen LogP contribution in [0.25, 0.3) is 0 Å². The number of rotatable bonds is 5. The Bertz CT molecular complexity index is 1030. The Morgan fingerprint density at radius 3 is 2.43 bits per heavy atom. The number of carboxylic acids is 1. The lowest BCUT2D eigenvalue weighted by molar-refractivity contribution is -0.147. The molecule has 3 fully saturated rings. The molecule has 2 N–H and O–H groups in total. The first kappa shape index (κ1) is 21.5. The summed E-state index contributed by atoms with van der Waals surface area (Å²) in [5, 5.41) is 12.5. The number of hydrogen-bond acceptors (Lipinski definition) is 5. The molecule has 11 heteroatoms. The zero-order valence-electron chi connectivity index (χ0n) is 15.8. The molecule has 0 radical (unpaired) electrons. The highest BCUT2D eigenvalue weighted by atomic mass is 35.5. The summed E-state index contributed by atoms with van der Waals surface area (Å²) in [4.78, 5) is 37.4. The maximum atomic E-state index is 13.2. The second-order valence-electron chi connectivity index (χ2n) is 8.07. The molecule has 30 heavy (non-hydrogen) atoms. The number of carbonyl (C=O) groups is 3. The first-order valence-electron chi connectivity index (χ1n) is 9.63. The molecule has 2 saturated carbocycles. The molecule has 1 saturated heterocycles. The van der Waals surface area contributed by atoms with Crippen LogP contribution in [0.15, 0.2) is 23.1 Å². The Labute approximate surface area is 183 Å². The number of halogens is 2. The molecular formula is C19H20Cl2N2O6S. The highest BCUT2D eigenvalue weighted by molar-refractivity contribution is 7.89. The number of nitrogens with one attached hydrogen (secondary N) is 1. The fourth-order valence-corrected chi connectivity index (χ4v) is 7.39. The van der Waals surface area contributed by atoms with Crippen LogP contribution in [0.3, 0.4) is 0 Å². The molecule has 2 aliphatic carbocycles. The van der Waals surface area contributed by atoms with Gasteiger partial charge < -0.3 is 10.4 Å². The number of amides is 1. The van der Waals surface area contributed by atoms with Crippen molar-refractivity contribution in [2.24, 2.45) is 11.8 Å². The number of sulfonamides is 1. The lowest BCUT2D eigenvalue weighted by atomic mass is 9.82. The monoisotopic (exact) mass is 474 g/mol. The summed E-state index contributed by atoms with van der Waals surface area (Å²) in [7, 11) is -4.07. The van der Waals surface area contributed by atoms with E-state index in [1.807, 2.05) is 0 Å². The first-order valence-corrected chi connectivity index (χ1v) is 11.8. The molecule has 1 aromatic carbocycles. The van der Waals surface area contributed by atoms with Crippen molar-refractivity contribution >= 4 is 50.9 Å². The summed E-state index contributed by atoms with van der Waals surface area (Å²) in [6, 6.07) is 2.89. The molecule has 162 valence electrons. The summed E-state index contributed by atoms with van der Waals surface area (Å²) in [5.41, 5.74) is -1.45. The summed E-state index contributed by atoms with van der Waals surface area (Å²) < 4.78 is 27.4. The van der Waals surface area contributed by atoms with Crippen molar-refractivity contribution < 1.29 is 27.9 Å². The minimum absolute atomic E-state index is 0.122. The molecule has 2 bridgehead atoms. The third kappa shape index (κ3) is 3.32. The highest BCUT2D eigenvalue weighted by Gasteiger charge is 2.63. The molecule has 0 spiro atoms. The fraction of sp³-hybridized carbons (Fsp3) is 0.526. The Hall–Kier alpha value is -1.68. The minimum Gasteiger partial charge on any atom is -0.481 e. The van der Waals surface area contributed by atoms with Crippen molar-refractivity contribution in [3.63, 3.8) is 0 Å². The van der Waals surface area contributed by atoms with Crippen molar-refractivity contribution in [3.05, 3.63) is 28.2 Å². The van der Waals surface area contributed by atoms with Crippen LogP contribution in [0.5, 0.6) is 0 Å². The molecular weight excluding hydrogens is 455 g/mol. The van der Waals surface area contributed by atoms with Crippen LogP contribution in [0.2, 0.25) is 10.0 Å². The highest BCUT2D eigenvalue weighted by Crippen LogP contribution is 2.49. The second kappa shape index (κ2) is 7.47. The number of hydrogen-bond donors (Lipinski definition) is 2. The smallest absolute Gasteiger partial charge is 0.309 e. The maximum Gasteiger partial charge on any atom is 0.309 e. The predicted molar refractivity (Wildman–Crippen MR) is 108 cm³/mol. The van der Waals surface area contributed by atoms with Crippen LogP contribution in [-0.4, -0.2) is 53.6 Å². The largest absolute Gasteiger partial charge is 0.481 e. The molecule has 4 atom stereocenters. The molecule has 1 aromatic rings. The number of carboxylic acid groups (broad SMARTS) is 1. The third-order valence-electron chi connectivity index (χ3n) is 6.41. The number of ketones is 1. The number of aliphatic carboxylic acids is 1. The summed E-state index contributed by atoms with van der Waals surface area (Å²) in [6.07, 6.45) is 1.70. The summed E-state index contributed by atoms with van der Waals surface area (Å²) in [6.45, 7) is 0.122. The third-order valence-corrected chi connectivity index (χ3v) is 8.73. The average molecular weight is 475 g/mol. The molecule has 1 heterocycles. The Morgan fingerprint density at radius 1 is 1.17 bits per heavy atom. The van der Waals surface area contributed by atoms with Gasteiger partial charge in [0.25, 0.3) is 0 Å². The minimum atomic E-state index is -4.07. The van der Waals surface area contributed by atoms with Gasteiger partial charge in [0.2, 0.25) is 15.9 Å². The normalized spacial score (nSPS) is 31.3. The summed E-state index contributed by atoms with van der Waals surface area (Å²) in [5.74, 6) is -3.41. The number of fused-ring (bicyclic) bond motifs is 2. The van der Waals surface area contributed by atoms with Gasteiger partial charge in [0.05, 0.1) is 10.8 Å². The van der Waals surface area contributed by atoms with E-state index in [0.29, 0.717) is 12.8 Å². The average Bonchev–Trinajstić information content (AvgIpc) is 3.34. The molecule has 0 aromatic heterocycles. The first-order chi connectivity index (χ1) is 14.1. The number of nitrogens with zero attached hydrogens (tertiary/aromatic N) is 1. The van der Waals surface area contributed by atoms with E-state index in [4.69, 9.17) is 23.2 Å². The number of carbonyl (C=O) groups excluding carboxylic acids is 2. The summed E-state index contributed by atoms with van der Waals surface area (Å²) >= 11 is 11.9. The number of Topliss-reactive ketones (excluding diaryl/α,β-unsaturated/α-hetero) is 1. The van der Waals surface area contributed by atoms with E-state index >= 15 is 0 Å². The van der Waals surface area contributed by atoms with Gasteiger partial charge in [-0.1, -0.05) is 23.2 Å². The molecule has 3 aliphatic rings. The van der Waals surface area contributed by atoms with Crippen LogP contribution >= 0.6 is 23.2 Å². The molecule has 3 unspecified atom stereocenters. The van der Waals surface area contributed by atoms with Crippen molar-refractivity contribution in [1.29, 1.82) is 0 Å². The van der Waals surface area contributed by atoms with E-state index < -0.39 is 39.4 Å². The molecule has 1 amide bonds. The fourth-order valence-electron chi connectivity index (χ4n) is 5.01. The van der Waals surface area contributed by atoms with Gasteiger partial charge in [0, 0.05) is 22.5 Å². The Kier molecular flexibility index (Phi) is 5.37. The van der Waals surface area contributed by atoms with Gasteiger partial charge in [-0.15, -0.1) is 0 Å². The predicted octanol–water partition coefficient (Wildman–Crippen LogP) is 2.09. The molecule has 8 nitrogen and oxygen atoms in total. The van der Waals surface area contributed by atoms with E-state index in [2.05, 4.69) is 5.32 Å². The number of benzene rings is 1. The Morgan fingerprint density at radius 2 is 1.83 bits per heavy atom. The topological polar surface area (TPSA) is 121 Å². The van der Waals surface area contributed by atoms with Crippen LogP contribution in [0.4, 0.5) is 0 Å². The van der Waals surface area contributed by atoms with Crippen molar-refractivity contribution in [2.45, 2.75) is 48.6 Å². The van der Waals surface area contributed by atoms with Gasteiger partial charge in [0.1, 0.15) is 11.6 Å². The van der Waals surface area contributed by atoms with Crippen LogP contribution in [0, 0.1) is 11.8 Å². The maximum absolute atomic E-state index is 13.2. The standard InChI is InChI=1S/C19H20Cl2N2O6S/c20-11-7-12(21)9-13(8-11)30(28,29)23-5-1-2-15(23)17(25)22-19-4-3-10(16(19)24)6-14(19)18(26)27/h7-10,14-15H,1-6H2,(H,22,25)(H,26,27)/t10?,14?,15-,19?/m0/s1. The van der Waals surface area contributed by atoms with Crippen LogP contribution in [0.1, 0.15) is 32.1 Å². The van der Waals surface area contributed by atoms with Gasteiger partial charge in [-0.25, -0.2) is 8.42 Å². The van der Waals surface area contributed by atoms with E-state index in [0.717, 1.165) is 4.31 Å². The lowest BCUT2D eigenvalue weighted by Gasteiger charge is -2.34. The van der Waals surface area contributed by atoms with E-state index in [1.54, 1.807) is 0 Å². The molecule has 1 aliphatic heterocycles. The molecule has 4 rings (SSSR count). The van der Waals surface area contributed by atoms with Gasteiger partial charge >= 0.3 is 5.97 Å². The van der Waals surface area contributed by atoms with Crippen molar-refractivity contribution in [1.82, 2.24) is 9.62 Å². The quantitative estimate of drug-likeness (QED) is 0.673. The van der Waals surface area contributed by atoms with Crippen LogP contribution < -0.4 is 5.32 Å². The Balaban J connectivity index is 1.61. The van der Waals surface area contributed by atoms with Crippen LogP contribution in [-0.2, 0) is 24.4 Å². The lowest BCUT2D eigenvalue weighted by Crippen LogP contribution is -2.60. The van der Waals surface area contributed by atoms with E-state index in [-0.39, 0.29) is 52.4 Å². The van der Waals surface area contributed by atoms with Crippen molar-refractivity contribution in [3.8, 4) is 0 Å². The van der Waals surface area contributed by atoms with E-state index in [1.165, 1.54) is 18.2 Å². The van der Waals surface area contributed by atoms with Crippen molar-refractivity contribution in [2.75, 3.05) is 6.54 Å². The van der Waals surface area contributed by atoms with Gasteiger partial charge in [-0.05, 0) is 50.3 Å².